The second-order valence-corrected chi connectivity index (χ2v) is 7.43. The van der Waals surface area contributed by atoms with E-state index in [4.69, 9.17) is 0 Å². The molecule has 1 fully saturated rings. The third kappa shape index (κ3) is 4.32. The molecule has 1 aliphatic heterocycles. The van der Waals surface area contributed by atoms with Crippen LogP contribution in [0, 0.1) is 24.2 Å². The van der Waals surface area contributed by atoms with Gasteiger partial charge in [0.15, 0.2) is 0 Å². The van der Waals surface area contributed by atoms with Crippen molar-refractivity contribution in [3.05, 3.63) is 23.8 Å². The van der Waals surface area contributed by atoms with Crippen molar-refractivity contribution in [1.82, 2.24) is 5.32 Å². The number of rotatable bonds is 4. The molecule has 0 aliphatic carbocycles. The second-order valence-electron chi connectivity index (χ2n) is 7.43. The number of benzene rings is 1. The lowest BCUT2D eigenvalue weighted by molar-refractivity contribution is -0.123. The van der Waals surface area contributed by atoms with E-state index in [0.717, 1.165) is 24.3 Å². The van der Waals surface area contributed by atoms with E-state index in [0.29, 0.717) is 11.6 Å². The third-order valence-corrected chi connectivity index (χ3v) is 4.37. The van der Waals surface area contributed by atoms with Crippen molar-refractivity contribution in [2.45, 2.75) is 34.6 Å². The highest BCUT2D eigenvalue weighted by Gasteiger charge is 2.28. The van der Waals surface area contributed by atoms with Gasteiger partial charge in [-0.1, -0.05) is 33.8 Å². The number of anilines is 2. The Kier molecular flexibility index (Phi) is 5.09. The molecule has 1 heterocycles. The first-order valence-corrected chi connectivity index (χ1v) is 8.12. The van der Waals surface area contributed by atoms with Crippen LogP contribution in [0.3, 0.4) is 0 Å². The molecule has 5 nitrogen and oxygen atoms in total. The summed E-state index contributed by atoms with van der Waals surface area (Å²) in [6.07, 6.45) is 0. The predicted octanol–water partition coefficient (Wildman–Crippen LogP) is 2.77. The Labute approximate surface area is 138 Å². The summed E-state index contributed by atoms with van der Waals surface area (Å²) in [5, 5.41) is 9.08. The second kappa shape index (κ2) is 6.71. The van der Waals surface area contributed by atoms with Crippen molar-refractivity contribution in [2.75, 3.05) is 23.7 Å². The SMILES string of the molecule is Cc1ccc(NC(=O)C(C)C2CNC2)cc1NC(=O)C(C)(C)C. The highest BCUT2D eigenvalue weighted by molar-refractivity contribution is 5.97. The highest BCUT2D eigenvalue weighted by atomic mass is 16.2. The zero-order valence-electron chi connectivity index (χ0n) is 14.6. The van der Waals surface area contributed by atoms with Crippen LogP contribution in [0.25, 0.3) is 0 Å². The maximum Gasteiger partial charge on any atom is 0.229 e. The number of aryl methyl sites for hydroxylation is 1. The molecule has 1 aromatic rings. The monoisotopic (exact) mass is 317 g/mol. The third-order valence-electron chi connectivity index (χ3n) is 4.37. The zero-order chi connectivity index (χ0) is 17.2. The van der Waals surface area contributed by atoms with Gasteiger partial charge in [-0.3, -0.25) is 9.59 Å². The Hall–Kier alpha value is -1.88. The van der Waals surface area contributed by atoms with Crippen LogP contribution in [0.5, 0.6) is 0 Å². The number of hydrogen-bond acceptors (Lipinski definition) is 3. The Morgan fingerprint density at radius 1 is 1.22 bits per heavy atom. The van der Waals surface area contributed by atoms with Crippen LogP contribution in [0.1, 0.15) is 33.3 Å². The van der Waals surface area contributed by atoms with E-state index >= 15 is 0 Å². The van der Waals surface area contributed by atoms with Gasteiger partial charge >= 0.3 is 0 Å². The van der Waals surface area contributed by atoms with Gasteiger partial charge in [0.2, 0.25) is 11.8 Å². The molecule has 1 saturated heterocycles. The molecule has 0 aromatic heterocycles. The van der Waals surface area contributed by atoms with E-state index in [2.05, 4.69) is 16.0 Å². The standard InChI is InChI=1S/C18H27N3O2/c1-11-6-7-14(8-15(11)21-17(23)18(3,4)5)20-16(22)12(2)13-9-19-10-13/h6-8,12-13,19H,9-10H2,1-5H3,(H,20,22)(H,21,23). The van der Waals surface area contributed by atoms with E-state index in [1.54, 1.807) is 0 Å². The summed E-state index contributed by atoms with van der Waals surface area (Å²) in [7, 11) is 0. The summed E-state index contributed by atoms with van der Waals surface area (Å²) < 4.78 is 0. The molecule has 0 radical (unpaired) electrons. The molecule has 2 amide bonds. The van der Waals surface area contributed by atoms with Gasteiger partial charge in [0.05, 0.1) is 0 Å². The quantitative estimate of drug-likeness (QED) is 0.800. The molecule has 2 rings (SSSR count). The molecule has 0 spiro atoms. The summed E-state index contributed by atoms with van der Waals surface area (Å²) >= 11 is 0. The lowest BCUT2D eigenvalue weighted by Crippen LogP contribution is -2.48. The minimum Gasteiger partial charge on any atom is -0.326 e. The van der Waals surface area contributed by atoms with Crippen LogP contribution in [0.2, 0.25) is 0 Å². The molecule has 1 aromatic carbocycles. The summed E-state index contributed by atoms with van der Waals surface area (Å²) in [5.41, 5.74) is 1.96. The van der Waals surface area contributed by atoms with E-state index in [1.165, 1.54) is 0 Å². The predicted molar refractivity (Wildman–Crippen MR) is 93.4 cm³/mol. The Morgan fingerprint density at radius 3 is 2.39 bits per heavy atom. The van der Waals surface area contributed by atoms with Crippen LogP contribution in [-0.2, 0) is 9.59 Å². The van der Waals surface area contributed by atoms with Gasteiger partial charge in [0.25, 0.3) is 0 Å². The van der Waals surface area contributed by atoms with Gasteiger partial charge in [0, 0.05) is 22.7 Å². The van der Waals surface area contributed by atoms with Crippen molar-refractivity contribution in [3.8, 4) is 0 Å². The lowest BCUT2D eigenvalue weighted by Gasteiger charge is -2.31. The summed E-state index contributed by atoms with van der Waals surface area (Å²) in [5.74, 6) is 0.358. The van der Waals surface area contributed by atoms with Crippen LogP contribution in [0.4, 0.5) is 11.4 Å². The van der Waals surface area contributed by atoms with Gasteiger partial charge in [0.1, 0.15) is 0 Å². The van der Waals surface area contributed by atoms with E-state index in [-0.39, 0.29) is 17.7 Å². The topological polar surface area (TPSA) is 70.2 Å². The van der Waals surface area contributed by atoms with Crippen LogP contribution < -0.4 is 16.0 Å². The summed E-state index contributed by atoms with van der Waals surface area (Å²) in [6.45, 7) is 11.3. The summed E-state index contributed by atoms with van der Waals surface area (Å²) in [6, 6.07) is 5.60. The molecule has 23 heavy (non-hydrogen) atoms. The van der Waals surface area contributed by atoms with Crippen molar-refractivity contribution in [1.29, 1.82) is 0 Å². The number of hydrogen-bond donors (Lipinski definition) is 3. The zero-order valence-corrected chi connectivity index (χ0v) is 14.6. The van der Waals surface area contributed by atoms with E-state index in [1.807, 2.05) is 52.8 Å². The molecular weight excluding hydrogens is 290 g/mol. The van der Waals surface area contributed by atoms with Crippen LogP contribution in [0.15, 0.2) is 18.2 Å². The smallest absolute Gasteiger partial charge is 0.229 e. The fourth-order valence-corrected chi connectivity index (χ4v) is 2.28. The number of amides is 2. The molecule has 3 N–H and O–H groups in total. The van der Waals surface area contributed by atoms with Crippen molar-refractivity contribution in [2.24, 2.45) is 17.3 Å². The summed E-state index contributed by atoms with van der Waals surface area (Å²) in [4.78, 5) is 24.5. The largest absolute Gasteiger partial charge is 0.326 e. The molecule has 126 valence electrons. The van der Waals surface area contributed by atoms with Crippen LogP contribution >= 0.6 is 0 Å². The first-order valence-electron chi connectivity index (χ1n) is 8.12. The first kappa shape index (κ1) is 17.5. The number of carbonyl (C=O) groups excluding carboxylic acids is 2. The van der Waals surface area contributed by atoms with Crippen LogP contribution in [-0.4, -0.2) is 24.9 Å². The van der Waals surface area contributed by atoms with Crippen molar-refractivity contribution < 1.29 is 9.59 Å². The van der Waals surface area contributed by atoms with Gasteiger partial charge < -0.3 is 16.0 Å². The normalized spacial score (nSPS) is 16.4. The van der Waals surface area contributed by atoms with Crippen molar-refractivity contribution >= 4 is 23.2 Å². The molecule has 0 saturated carbocycles. The first-order chi connectivity index (χ1) is 10.7. The van der Waals surface area contributed by atoms with E-state index in [9.17, 15) is 9.59 Å². The average molecular weight is 317 g/mol. The Balaban J connectivity index is 2.07. The van der Waals surface area contributed by atoms with Gasteiger partial charge in [-0.25, -0.2) is 0 Å². The number of nitrogens with one attached hydrogen (secondary N) is 3. The minimum atomic E-state index is -0.461. The number of carbonyl (C=O) groups is 2. The molecule has 1 atom stereocenters. The van der Waals surface area contributed by atoms with Gasteiger partial charge in [-0.2, -0.15) is 0 Å². The molecule has 0 bridgehead atoms. The fraction of sp³-hybridized carbons (Fsp3) is 0.556. The molecule has 1 aliphatic rings. The maximum atomic E-state index is 12.3. The maximum absolute atomic E-state index is 12.3. The van der Waals surface area contributed by atoms with Crippen molar-refractivity contribution in [3.63, 3.8) is 0 Å². The Morgan fingerprint density at radius 2 is 1.87 bits per heavy atom. The minimum absolute atomic E-state index is 0.0217. The lowest BCUT2D eigenvalue weighted by atomic mass is 9.88. The Bertz CT molecular complexity index is 601. The fourth-order valence-electron chi connectivity index (χ4n) is 2.28. The molecule has 1 unspecified atom stereocenters. The van der Waals surface area contributed by atoms with E-state index < -0.39 is 5.41 Å². The molecule has 5 heteroatoms. The molecular formula is C18H27N3O2. The average Bonchev–Trinajstić information content (AvgIpc) is 2.39. The highest BCUT2D eigenvalue weighted by Crippen LogP contribution is 2.25. The van der Waals surface area contributed by atoms with Gasteiger partial charge in [-0.15, -0.1) is 0 Å². The van der Waals surface area contributed by atoms with Gasteiger partial charge in [-0.05, 0) is 43.6 Å².